The maximum absolute atomic E-state index is 13.5. The first-order chi connectivity index (χ1) is 20.2. The van der Waals surface area contributed by atoms with E-state index in [1.54, 1.807) is 29.2 Å². The molecular formula is C34H60FN5O2. The Kier molecular flexibility index (Phi) is 19.5. The second kappa shape index (κ2) is 20.9. The average molecular weight is 590 g/mol. The maximum Gasteiger partial charge on any atom is 0.334 e. The van der Waals surface area contributed by atoms with Crippen LogP contribution in [0.15, 0.2) is 48.2 Å². The van der Waals surface area contributed by atoms with Gasteiger partial charge in [-0.25, -0.2) is 19.2 Å². The molecule has 0 saturated carbocycles. The van der Waals surface area contributed by atoms with Crippen LogP contribution in [-0.2, 0) is 11.3 Å². The number of hydrogen-bond acceptors (Lipinski definition) is 4. The fourth-order valence-electron chi connectivity index (χ4n) is 5.26. The van der Waals surface area contributed by atoms with Gasteiger partial charge in [0.25, 0.3) is 0 Å². The van der Waals surface area contributed by atoms with Crippen molar-refractivity contribution in [3.63, 3.8) is 0 Å². The van der Waals surface area contributed by atoms with Crippen LogP contribution in [0, 0.1) is 11.7 Å². The van der Waals surface area contributed by atoms with Crippen molar-refractivity contribution in [3.05, 3.63) is 59.6 Å². The molecule has 42 heavy (non-hydrogen) atoms. The van der Waals surface area contributed by atoms with Crippen molar-refractivity contribution in [2.24, 2.45) is 5.92 Å². The molecule has 2 heterocycles. The number of carbonyl (C=O) groups is 2. The third-order valence-electron chi connectivity index (χ3n) is 7.48. The summed E-state index contributed by atoms with van der Waals surface area (Å²) in [5.74, 6) is -0.0963. The lowest BCUT2D eigenvalue weighted by Gasteiger charge is -2.57. The number of allylic oxidation sites excluding steroid dienone is 1. The zero-order valence-corrected chi connectivity index (χ0v) is 28.5. The number of nitrogens with zero attached hydrogens (tertiary/aromatic N) is 4. The van der Waals surface area contributed by atoms with E-state index in [1.807, 2.05) is 46.4 Å². The minimum absolute atomic E-state index is 0.0105. The molecule has 0 bridgehead atoms. The van der Waals surface area contributed by atoms with Crippen molar-refractivity contribution < 1.29 is 14.0 Å². The zero-order chi connectivity index (χ0) is 32.4. The summed E-state index contributed by atoms with van der Waals surface area (Å²) in [5.41, 5.74) is 3.18. The molecular weight excluding hydrogens is 529 g/mol. The Morgan fingerprint density at radius 3 is 2.21 bits per heavy atom. The highest BCUT2D eigenvalue weighted by molar-refractivity contribution is 5.83. The molecule has 240 valence electrons. The average Bonchev–Trinajstić information content (AvgIpc) is 3.01. The van der Waals surface area contributed by atoms with E-state index in [2.05, 4.69) is 50.6 Å². The number of urea groups is 1. The molecule has 1 aromatic carbocycles. The Morgan fingerprint density at radius 2 is 1.69 bits per heavy atom. The second-order valence-electron chi connectivity index (χ2n) is 9.94. The molecule has 3 amide bonds. The minimum atomic E-state index is -0.436. The lowest BCUT2D eigenvalue weighted by Crippen LogP contribution is -2.74. The molecule has 2 fully saturated rings. The standard InChI is InChI=1S/C28H42FN5O2.3C2H6/c1-7-10-22(9-3)15-16-32-18-25-33(27(21(32)5)20(4)8-2)26(35)19-31(6)34(25)28(36)30-17-23-11-13-24(29)14-12-23;3*1-2/h9,11-14,20,25,27H,5,7-8,10,15-19H2,1-4,6H3,(H,30,36);3*1-2H3/b22-9+;;;/t20?,25-,27-;;;/m0.../s1. The highest BCUT2D eigenvalue weighted by Gasteiger charge is 2.49. The number of halogens is 1. The molecule has 0 radical (unpaired) electrons. The summed E-state index contributed by atoms with van der Waals surface area (Å²) in [4.78, 5) is 30.9. The van der Waals surface area contributed by atoms with E-state index in [9.17, 15) is 14.0 Å². The van der Waals surface area contributed by atoms with E-state index in [-0.39, 0.29) is 42.8 Å². The van der Waals surface area contributed by atoms with Gasteiger partial charge < -0.3 is 15.1 Å². The quantitative estimate of drug-likeness (QED) is 0.299. The Hall–Kier alpha value is -2.87. The molecule has 0 aliphatic carbocycles. The topological polar surface area (TPSA) is 59.1 Å². The van der Waals surface area contributed by atoms with Crippen molar-refractivity contribution in [3.8, 4) is 0 Å². The van der Waals surface area contributed by atoms with Gasteiger partial charge >= 0.3 is 6.03 Å². The molecule has 2 aliphatic rings. The second-order valence-corrected chi connectivity index (χ2v) is 9.94. The predicted molar refractivity (Wildman–Crippen MR) is 175 cm³/mol. The van der Waals surface area contributed by atoms with E-state index >= 15 is 0 Å². The molecule has 2 aliphatic heterocycles. The van der Waals surface area contributed by atoms with Gasteiger partial charge in [0.2, 0.25) is 5.91 Å². The Labute approximate surface area is 256 Å². The first-order valence-corrected chi connectivity index (χ1v) is 16.1. The van der Waals surface area contributed by atoms with Gasteiger partial charge in [-0.05, 0) is 43.4 Å². The summed E-state index contributed by atoms with van der Waals surface area (Å²) in [7, 11) is 1.78. The van der Waals surface area contributed by atoms with E-state index in [1.165, 1.54) is 17.7 Å². The van der Waals surface area contributed by atoms with Gasteiger partial charge in [-0.1, -0.05) is 106 Å². The zero-order valence-electron chi connectivity index (χ0n) is 28.5. The SMILES string of the molecule is C=C1[C@H](C(C)CC)N2C(=O)CN(C)N(C(=O)NCc3ccc(F)cc3)[C@H]2CN1CC/C(=C/C)CCC.CC.CC.CC. The Morgan fingerprint density at radius 1 is 1.10 bits per heavy atom. The Balaban J connectivity index is 0.00000263. The van der Waals surface area contributed by atoms with E-state index in [4.69, 9.17) is 0 Å². The number of piperazine rings is 1. The first-order valence-electron chi connectivity index (χ1n) is 16.1. The molecule has 1 N–H and O–H groups in total. The highest BCUT2D eigenvalue weighted by atomic mass is 19.1. The fraction of sp³-hybridized carbons (Fsp3) is 0.647. The van der Waals surface area contributed by atoms with Crippen LogP contribution in [0.5, 0.6) is 0 Å². The van der Waals surface area contributed by atoms with Crippen molar-refractivity contribution >= 4 is 11.9 Å². The number of hydrazine groups is 1. The van der Waals surface area contributed by atoms with Crippen LogP contribution in [0.1, 0.15) is 100 Å². The lowest BCUT2D eigenvalue weighted by molar-refractivity contribution is -0.177. The van der Waals surface area contributed by atoms with Crippen LogP contribution in [0.2, 0.25) is 0 Å². The maximum atomic E-state index is 13.5. The van der Waals surface area contributed by atoms with Gasteiger partial charge in [0, 0.05) is 25.8 Å². The molecule has 8 heteroatoms. The van der Waals surface area contributed by atoms with Crippen molar-refractivity contribution in [2.45, 2.75) is 114 Å². The smallest absolute Gasteiger partial charge is 0.334 e. The lowest BCUT2D eigenvalue weighted by atomic mass is 9.90. The van der Waals surface area contributed by atoms with Gasteiger partial charge in [-0.2, -0.15) is 0 Å². The molecule has 0 spiro atoms. The van der Waals surface area contributed by atoms with E-state index < -0.39 is 6.17 Å². The molecule has 3 rings (SSSR count). The molecule has 7 nitrogen and oxygen atoms in total. The monoisotopic (exact) mass is 589 g/mol. The van der Waals surface area contributed by atoms with Crippen LogP contribution < -0.4 is 5.32 Å². The molecule has 1 unspecified atom stereocenters. The molecule has 0 aromatic heterocycles. The third-order valence-corrected chi connectivity index (χ3v) is 7.48. The predicted octanol–water partition coefficient (Wildman–Crippen LogP) is 7.81. The van der Waals surface area contributed by atoms with Crippen molar-refractivity contribution in [1.82, 2.24) is 25.1 Å². The summed E-state index contributed by atoms with van der Waals surface area (Å²) < 4.78 is 13.3. The van der Waals surface area contributed by atoms with Crippen molar-refractivity contribution in [1.29, 1.82) is 0 Å². The Bertz CT molecular complexity index is 965. The summed E-state index contributed by atoms with van der Waals surface area (Å²) in [6, 6.07) is 5.64. The first kappa shape index (κ1) is 39.1. The van der Waals surface area contributed by atoms with Crippen LogP contribution in [0.3, 0.4) is 0 Å². The highest BCUT2D eigenvalue weighted by Crippen LogP contribution is 2.35. The fourth-order valence-corrected chi connectivity index (χ4v) is 5.26. The normalized spacial score (nSPS) is 19.3. The van der Waals surface area contributed by atoms with Gasteiger partial charge in [-0.3, -0.25) is 4.79 Å². The van der Waals surface area contributed by atoms with E-state index in [0.717, 1.165) is 43.5 Å². The largest absolute Gasteiger partial charge is 0.369 e. The van der Waals surface area contributed by atoms with Crippen LogP contribution in [0.25, 0.3) is 0 Å². The van der Waals surface area contributed by atoms with Gasteiger partial charge in [0.15, 0.2) is 0 Å². The number of rotatable bonds is 9. The third kappa shape index (κ3) is 10.4. The van der Waals surface area contributed by atoms with Gasteiger partial charge in [0.1, 0.15) is 12.0 Å². The number of likely N-dealkylation sites (N-methyl/N-ethyl adjacent to an activating group) is 1. The number of amides is 3. The van der Waals surface area contributed by atoms with Crippen LogP contribution >= 0.6 is 0 Å². The van der Waals surface area contributed by atoms with E-state index in [0.29, 0.717) is 6.54 Å². The number of fused-ring (bicyclic) bond motifs is 1. The summed E-state index contributed by atoms with van der Waals surface area (Å²) >= 11 is 0. The molecule has 1 aromatic rings. The number of hydrogen-bond donors (Lipinski definition) is 1. The van der Waals surface area contributed by atoms with Gasteiger partial charge in [-0.15, -0.1) is 0 Å². The summed E-state index contributed by atoms with van der Waals surface area (Å²) in [6.07, 6.45) is 5.77. The summed E-state index contributed by atoms with van der Waals surface area (Å²) in [5, 5.41) is 6.34. The van der Waals surface area contributed by atoms with Crippen LogP contribution in [-0.4, -0.2) is 70.6 Å². The van der Waals surface area contributed by atoms with Gasteiger partial charge in [0.05, 0.1) is 19.1 Å². The summed E-state index contributed by atoms with van der Waals surface area (Å²) in [6.45, 7) is 26.7. The van der Waals surface area contributed by atoms with Crippen LogP contribution in [0.4, 0.5) is 9.18 Å². The van der Waals surface area contributed by atoms with Crippen molar-refractivity contribution in [2.75, 3.05) is 26.7 Å². The minimum Gasteiger partial charge on any atom is -0.369 e. The molecule has 3 atom stereocenters. The number of nitrogens with one attached hydrogen (secondary N) is 1. The molecule has 2 saturated heterocycles. The number of benzene rings is 1. The number of carbonyl (C=O) groups excluding carboxylic acids is 2.